The Bertz CT molecular complexity index is 1270. The van der Waals surface area contributed by atoms with E-state index in [0.717, 1.165) is 83.5 Å². The fourth-order valence-corrected chi connectivity index (χ4v) is 8.08. The summed E-state index contributed by atoms with van der Waals surface area (Å²) >= 11 is 0. The molecule has 0 aliphatic heterocycles. The van der Waals surface area contributed by atoms with Crippen molar-refractivity contribution < 1.29 is 32.9 Å². The maximum absolute atomic E-state index is 13.0. The number of unbranched alkanes of at least 4 members (excludes halogenated alkanes) is 22. The summed E-state index contributed by atoms with van der Waals surface area (Å²) in [6.07, 6.45) is 62.2. The number of hydrogen-bond donors (Lipinski definition) is 3. The Morgan fingerprint density at radius 2 is 0.938 bits per heavy atom. The third-order valence-electron chi connectivity index (χ3n) is 11.5. The van der Waals surface area contributed by atoms with Crippen LogP contribution in [-0.2, 0) is 18.4 Å². The van der Waals surface area contributed by atoms with Crippen molar-refractivity contribution in [1.82, 2.24) is 5.32 Å². The minimum absolute atomic E-state index is 0.0697. The van der Waals surface area contributed by atoms with Crippen molar-refractivity contribution in [2.24, 2.45) is 0 Å². The first kappa shape index (κ1) is 61.9. The Morgan fingerprint density at radius 3 is 1.38 bits per heavy atom. The largest absolute Gasteiger partial charge is 0.472 e. The van der Waals surface area contributed by atoms with E-state index < -0.39 is 20.0 Å². The maximum atomic E-state index is 13.0. The number of amides is 1. The first-order valence-electron chi connectivity index (χ1n) is 26.3. The molecule has 3 unspecified atom stereocenters. The lowest BCUT2D eigenvalue weighted by atomic mass is 10.0. The zero-order valence-electron chi connectivity index (χ0n) is 42.3. The first-order valence-corrected chi connectivity index (χ1v) is 27.8. The molecular weight excluding hydrogens is 816 g/mol. The van der Waals surface area contributed by atoms with Gasteiger partial charge in [0.05, 0.1) is 39.9 Å². The molecule has 0 bridgehead atoms. The van der Waals surface area contributed by atoms with Crippen LogP contribution >= 0.6 is 7.82 Å². The van der Waals surface area contributed by atoms with Gasteiger partial charge in [0.25, 0.3) is 0 Å². The molecule has 64 heavy (non-hydrogen) atoms. The van der Waals surface area contributed by atoms with E-state index in [9.17, 15) is 19.4 Å². The summed E-state index contributed by atoms with van der Waals surface area (Å²) in [5.74, 6) is -0.155. The van der Waals surface area contributed by atoms with Gasteiger partial charge in [-0.15, -0.1) is 0 Å². The minimum atomic E-state index is -4.32. The standard InChI is InChI=1S/C55H101N2O6P/c1-6-8-10-12-14-16-18-20-22-23-24-25-26-27-28-29-30-31-32-33-35-37-39-41-43-45-47-49-55(59)56-53(52-63-64(60,61)62-51-50-57(3,4)5)54(58)48-46-44-42-40-38-36-34-21-19-17-15-13-11-9-7-2/h8,10,14,16,20,22,24-25,27-28,30-31,53-54,58H,6-7,9,11-13,15,17-19,21,23,26,29,32-52H2,1-5H3,(H-,56,59,60,61)/p+1/b10-8-,16-14-,22-20-,25-24-,28-27-,31-30-. The molecule has 372 valence electrons. The van der Waals surface area contributed by atoms with Gasteiger partial charge in [0.1, 0.15) is 13.2 Å². The van der Waals surface area contributed by atoms with E-state index in [1.54, 1.807) is 0 Å². The number of carbonyl (C=O) groups excluding carboxylic acids is 1. The molecule has 0 radical (unpaired) electrons. The lowest BCUT2D eigenvalue weighted by molar-refractivity contribution is -0.870. The Balaban J connectivity index is 4.24. The number of phosphoric acid groups is 1. The summed E-state index contributed by atoms with van der Waals surface area (Å²) < 4.78 is 23.7. The van der Waals surface area contributed by atoms with E-state index in [0.29, 0.717) is 23.9 Å². The number of allylic oxidation sites excluding steroid dienone is 12. The molecule has 0 saturated carbocycles. The quantitative estimate of drug-likeness (QED) is 0.0243. The maximum Gasteiger partial charge on any atom is 0.472 e. The molecule has 9 heteroatoms. The highest BCUT2D eigenvalue weighted by Gasteiger charge is 2.28. The second kappa shape index (κ2) is 46.1. The predicted molar refractivity (Wildman–Crippen MR) is 276 cm³/mol. The molecule has 0 aromatic carbocycles. The summed E-state index contributed by atoms with van der Waals surface area (Å²) in [6.45, 7) is 4.77. The lowest BCUT2D eigenvalue weighted by Crippen LogP contribution is -2.46. The van der Waals surface area contributed by atoms with Gasteiger partial charge in [-0.2, -0.15) is 0 Å². The molecule has 0 aliphatic rings. The van der Waals surface area contributed by atoms with E-state index in [-0.39, 0.29) is 19.1 Å². The number of nitrogens with one attached hydrogen (secondary N) is 1. The summed E-state index contributed by atoms with van der Waals surface area (Å²) in [5.41, 5.74) is 0. The van der Waals surface area contributed by atoms with Crippen LogP contribution in [0.4, 0.5) is 0 Å². The molecule has 0 rings (SSSR count). The fraction of sp³-hybridized carbons (Fsp3) is 0.764. The van der Waals surface area contributed by atoms with Crippen molar-refractivity contribution in [1.29, 1.82) is 0 Å². The zero-order valence-corrected chi connectivity index (χ0v) is 43.1. The zero-order chi connectivity index (χ0) is 47.1. The first-order chi connectivity index (χ1) is 31.0. The second-order valence-electron chi connectivity index (χ2n) is 18.9. The molecule has 0 aromatic heterocycles. The van der Waals surface area contributed by atoms with E-state index >= 15 is 0 Å². The molecule has 0 aromatic rings. The molecule has 8 nitrogen and oxygen atoms in total. The smallest absolute Gasteiger partial charge is 0.391 e. The predicted octanol–water partition coefficient (Wildman–Crippen LogP) is 15.5. The normalized spacial score (nSPS) is 14.7. The van der Waals surface area contributed by atoms with Crippen LogP contribution in [0.25, 0.3) is 0 Å². The molecule has 3 atom stereocenters. The highest BCUT2D eigenvalue weighted by atomic mass is 31.2. The topological polar surface area (TPSA) is 105 Å². The van der Waals surface area contributed by atoms with Gasteiger partial charge in [0, 0.05) is 6.42 Å². The van der Waals surface area contributed by atoms with Crippen LogP contribution in [0.3, 0.4) is 0 Å². The van der Waals surface area contributed by atoms with Crippen molar-refractivity contribution >= 4 is 13.7 Å². The summed E-state index contributed by atoms with van der Waals surface area (Å²) in [7, 11) is 1.60. The number of phosphoric ester groups is 1. The number of hydrogen-bond acceptors (Lipinski definition) is 5. The van der Waals surface area contributed by atoms with Gasteiger partial charge in [-0.1, -0.05) is 222 Å². The van der Waals surface area contributed by atoms with Crippen LogP contribution in [0, 0.1) is 0 Å². The van der Waals surface area contributed by atoms with Gasteiger partial charge in [-0.05, 0) is 64.2 Å². The number of rotatable bonds is 47. The highest BCUT2D eigenvalue weighted by Crippen LogP contribution is 2.43. The molecule has 0 aliphatic carbocycles. The van der Waals surface area contributed by atoms with Gasteiger partial charge >= 0.3 is 7.82 Å². The lowest BCUT2D eigenvalue weighted by Gasteiger charge is -2.26. The number of quaternary nitrogens is 1. The van der Waals surface area contributed by atoms with E-state index in [4.69, 9.17) is 9.05 Å². The summed E-state index contributed by atoms with van der Waals surface area (Å²) in [6, 6.07) is -0.769. The van der Waals surface area contributed by atoms with Crippen LogP contribution in [0.1, 0.15) is 219 Å². The van der Waals surface area contributed by atoms with Gasteiger partial charge in [0.15, 0.2) is 0 Å². The van der Waals surface area contributed by atoms with E-state index in [1.165, 1.54) is 109 Å². The molecule has 1 amide bonds. The summed E-state index contributed by atoms with van der Waals surface area (Å²) in [5, 5.41) is 14.0. The average molecular weight is 918 g/mol. The minimum Gasteiger partial charge on any atom is -0.391 e. The van der Waals surface area contributed by atoms with E-state index in [2.05, 4.69) is 92.1 Å². The Morgan fingerprint density at radius 1 is 0.547 bits per heavy atom. The van der Waals surface area contributed by atoms with Crippen molar-refractivity contribution in [2.45, 2.75) is 231 Å². The van der Waals surface area contributed by atoms with E-state index in [1.807, 2.05) is 21.1 Å². The molecule has 3 N–H and O–H groups in total. The van der Waals surface area contributed by atoms with Crippen molar-refractivity contribution in [3.63, 3.8) is 0 Å². The third-order valence-corrected chi connectivity index (χ3v) is 12.5. The van der Waals surface area contributed by atoms with Crippen molar-refractivity contribution in [3.05, 3.63) is 72.9 Å². The van der Waals surface area contributed by atoms with Gasteiger partial charge in [0.2, 0.25) is 5.91 Å². The monoisotopic (exact) mass is 918 g/mol. The second-order valence-corrected chi connectivity index (χ2v) is 20.3. The third kappa shape index (κ3) is 47.9. The van der Waals surface area contributed by atoms with Gasteiger partial charge in [-0.25, -0.2) is 4.57 Å². The molecule has 0 spiro atoms. The van der Waals surface area contributed by atoms with Gasteiger partial charge < -0.3 is 19.8 Å². The molecular formula is C55H102N2O6P+. The summed E-state index contributed by atoms with van der Waals surface area (Å²) in [4.78, 5) is 23.3. The highest BCUT2D eigenvalue weighted by molar-refractivity contribution is 7.47. The average Bonchev–Trinajstić information content (AvgIpc) is 3.25. The number of carbonyl (C=O) groups is 1. The number of likely N-dealkylation sites (N-methyl/N-ethyl adjacent to an activating group) is 1. The van der Waals surface area contributed by atoms with Crippen LogP contribution in [0.15, 0.2) is 72.9 Å². The number of aliphatic hydroxyl groups is 1. The molecule has 0 saturated heterocycles. The Kier molecular flexibility index (Phi) is 44.6. The Hall–Kier alpha value is -2.06. The van der Waals surface area contributed by atoms with Gasteiger partial charge in [-0.3, -0.25) is 13.8 Å². The fourth-order valence-electron chi connectivity index (χ4n) is 7.34. The molecule has 0 fully saturated rings. The Labute approximate surface area is 395 Å². The van der Waals surface area contributed by atoms with Crippen LogP contribution in [-0.4, -0.2) is 73.4 Å². The van der Waals surface area contributed by atoms with Crippen LogP contribution in [0.2, 0.25) is 0 Å². The van der Waals surface area contributed by atoms with Crippen molar-refractivity contribution in [2.75, 3.05) is 40.9 Å². The number of nitrogens with zero attached hydrogens (tertiary/aromatic N) is 1. The van der Waals surface area contributed by atoms with Crippen molar-refractivity contribution in [3.8, 4) is 0 Å². The van der Waals surface area contributed by atoms with Crippen LogP contribution < -0.4 is 5.32 Å². The van der Waals surface area contributed by atoms with Crippen LogP contribution in [0.5, 0.6) is 0 Å². The number of aliphatic hydroxyl groups excluding tert-OH is 1. The molecule has 0 heterocycles. The SMILES string of the molecule is CC/C=C\C/C=C\C/C=C\C/C=C\C/C=C\C/C=C\CCCCCCCCCCC(=O)NC(COP(=O)(O)OCC[N+](C)(C)C)C(O)CCCCCCCCCCCCCCCCC.